The second-order valence-corrected chi connectivity index (χ2v) is 8.82. The van der Waals surface area contributed by atoms with E-state index in [2.05, 4.69) is 5.10 Å². The van der Waals surface area contributed by atoms with Crippen LogP contribution in [0.15, 0.2) is 65.8 Å². The lowest BCUT2D eigenvalue weighted by Crippen LogP contribution is -2.29. The molecule has 0 saturated heterocycles. The van der Waals surface area contributed by atoms with Crippen molar-refractivity contribution in [3.8, 4) is 11.1 Å². The molecule has 4 rings (SSSR count). The van der Waals surface area contributed by atoms with Crippen LogP contribution in [0, 0.1) is 19.7 Å². The first-order valence-electron chi connectivity index (χ1n) is 11.1. The fraction of sp³-hybridized carbons (Fsp3) is 0.259. The normalized spacial score (nSPS) is 15.9. The summed E-state index contributed by atoms with van der Waals surface area (Å²) in [5.41, 5.74) is 4.65. The summed E-state index contributed by atoms with van der Waals surface area (Å²) < 4.78 is 53.8. The molecule has 8 heteroatoms. The monoisotopic (exact) mass is 484 g/mol. The fourth-order valence-corrected chi connectivity index (χ4v) is 4.35. The van der Waals surface area contributed by atoms with Crippen LogP contribution in [0.2, 0.25) is 0 Å². The number of nitrogens with zero attached hydrogens (tertiary/aromatic N) is 2. The van der Waals surface area contributed by atoms with Gasteiger partial charge in [0, 0.05) is 12.0 Å². The molecule has 4 nitrogen and oxygen atoms in total. The van der Waals surface area contributed by atoms with Crippen LogP contribution in [-0.4, -0.2) is 29.0 Å². The van der Waals surface area contributed by atoms with Crippen molar-refractivity contribution in [2.75, 3.05) is 5.01 Å². The Morgan fingerprint density at radius 2 is 1.69 bits per heavy atom. The minimum atomic E-state index is -4.60. The Kier molecular flexibility index (Phi) is 6.65. The Labute approximate surface area is 200 Å². The third kappa shape index (κ3) is 5.53. The summed E-state index contributed by atoms with van der Waals surface area (Å²) in [6.45, 7) is 3.84. The number of hydrogen-bond acceptors (Lipinski definition) is 3. The zero-order valence-electron chi connectivity index (χ0n) is 19.2. The van der Waals surface area contributed by atoms with Crippen LogP contribution in [0.1, 0.15) is 35.1 Å². The molecule has 3 aromatic carbocycles. The van der Waals surface area contributed by atoms with E-state index in [1.807, 2.05) is 38.1 Å². The first-order chi connectivity index (χ1) is 16.5. The van der Waals surface area contributed by atoms with Crippen LogP contribution in [0.4, 0.5) is 23.2 Å². The number of aliphatic carboxylic acids is 1. The van der Waals surface area contributed by atoms with Crippen molar-refractivity contribution in [3.05, 3.63) is 88.7 Å². The van der Waals surface area contributed by atoms with Crippen LogP contribution in [0.5, 0.6) is 0 Å². The number of carbonyl (C=O) groups is 1. The van der Waals surface area contributed by atoms with Crippen LogP contribution in [0.25, 0.3) is 11.1 Å². The van der Waals surface area contributed by atoms with E-state index in [0.717, 1.165) is 32.8 Å². The predicted molar refractivity (Wildman–Crippen MR) is 127 cm³/mol. The predicted octanol–water partition coefficient (Wildman–Crippen LogP) is 6.67. The molecule has 1 aliphatic heterocycles. The number of aryl methyl sites for hydroxylation is 2. The van der Waals surface area contributed by atoms with Gasteiger partial charge in [0.05, 0.1) is 18.2 Å². The maximum absolute atomic E-state index is 14.3. The molecule has 0 aromatic heterocycles. The average molecular weight is 484 g/mol. The van der Waals surface area contributed by atoms with Gasteiger partial charge < -0.3 is 5.11 Å². The molecular weight excluding hydrogens is 460 g/mol. The quantitative estimate of drug-likeness (QED) is 0.398. The van der Waals surface area contributed by atoms with E-state index in [9.17, 15) is 22.4 Å². The molecule has 0 fully saturated rings. The molecule has 1 unspecified atom stereocenters. The van der Waals surface area contributed by atoms with E-state index in [0.29, 0.717) is 17.7 Å². The number of hydrogen-bond donors (Lipinski definition) is 1. The second kappa shape index (κ2) is 9.52. The standard InChI is InChI=1S/C27H24F4N2O2/c1-16-3-10-24(28)23(11-16)22-9-6-19(12-17(22)2)13-18-4-7-20(8-5-18)33-21(15-26(34)35)14-25(32-33)27(29,30)31/h3-12,21H,13-15H2,1-2H3,(H,34,35). The van der Waals surface area contributed by atoms with E-state index >= 15 is 0 Å². The van der Waals surface area contributed by atoms with E-state index in [1.165, 1.54) is 6.07 Å². The van der Waals surface area contributed by atoms with Crippen molar-refractivity contribution < 1.29 is 27.5 Å². The Hall–Kier alpha value is -3.68. The lowest BCUT2D eigenvalue weighted by molar-refractivity contribution is -0.137. The van der Waals surface area contributed by atoms with Gasteiger partial charge in [-0.15, -0.1) is 0 Å². The van der Waals surface area contributed by atoms with Crippen LogP contribution in [-0.2, 0) is 11.2 Å². The molecule has 0 saturated carbocycles. The highest BCUT2D eigenvalue weighted by molar-refractivity contribution is 5.94. The highest BCUT2D eigenvalue weighted by Gasteiger charge is 2.43. The fourth-order valence-electron chi connectivity index (χ4n) is 4.35. The van der Waals surface area contributed by atoms with E-state index in [1.54, 1.807) is 30.3 Å². The van der Waals surface area contributed by atoms with Crippen LogP contribution < -0.4 is 5.01 Å². The maximum Gasteiger partial charge on any atom is 0.431 e. The molecule has 1 N–H and O–H groups in total. The number of carboxylic acids is 1. The third-order valence-corrected chi connectivity index (χ3v) is 6.05. The zero-order valence-corrected chi connectivity index (χ0v) is 19.2. The summed E-state index contributed by atoms with van der Waals surface area (Å²) in [7, 11) is 0. The number of alkyl halides is 3. The Morgan fingerprint density at radius 3 is 2.31 bits per heavy atom. The summed E-state index contributed by atoms with van der Waals surface area (Å²) in [6.07, 6.45) is -4.94. The van der Waals surface area contributed by atoms with Crippen LogP contribution in [0.3, 0.4) is 0 Å². The molecule has 0 bridgehead atoms. The first kappa shape index (κ1) is 24.4. The summed E-state index contributed by atoms with van der Waals surface area (Å²) in [5, 5.41) is 13.9. The van der Waals surface area contributed by atoms with Gasteiger partial charge in [0.2, 0.25) is 0 Å². The number of carboxylic acid groups (broad SMARTS) is 1. The Bertz CT molecular complexity index is 1280. The lowest BCUT2D eigenvalue weighted by Gasteiger charge is -2.22. The number of hydrazone groups is 1. The summed E-state index contributed by atoms with van der Waals surface area (Å²) in [6, 6.07) is 16.8. The summed E-state index contributed by atoms with van der Waals surface area (Å²) in [5.74, 6) is -1.46. The molecule has 0 aliphatic carbocycles. The highest BCUT2D eigenvalue weighted by Crippen LogP contribution is 2.33. The first-order valence-corrected chi connectivity index (χ1v) is 11.1. The molecule has 1 atom stereocenters. The molecule has 1 aliphatic rings. The van der Waals surface area contributed by atoms with Gasteiger partial charge in [0.15, 0.2) is 0 Å². The van der Waals surface area contributed by atoms with E-state index < -0.39 is 36.7 Å². The van der Waals surface area contributed by atoms with Crippen molar-refractivity contribution in [1.82, 2.24) is 0 Å². The minimum absolute atomic E-state index is 0.276. The maximum atomic E-state index is 14.3. The molecule has 0 amide bonds. The van der Waals surface area contributed by atoms with Gasteiger partial charge in [-0.05, 0) is 66.8 Å². The van der Waals surface area contributed by atoms with Crippen LogP contribution >= 0.6 is 0 Å². The lowest BCUT2D eigenvalue weighted by atomic mass is 9.95. The molecule has 3 aromatic rings. The molecule has 0 spiro atoms. The molecule has 35 heavy (non-hydrogen) atoms. The van der Waals surface area contributed by atoms with Crippen molar-refractivity contribution in [3.63, 3.8) is 0 Å². The molecule has 0 radical (unpaired) electrons. The van der Waals surface area contributed by atoms with Gasteiger partial charge in [0.25, 0.3) is 0 Å². The Balaban J connectivity index is 1.53. The zero-order chi connectivity index (χ0) is 25.3. The van der Waals surface area contributed by atoms with E-state index in [4.69, 9.17) is 5.11 Å². The van der Waals surface area contributed by atoms with Gasteiger partial charge in [0.1, 0.15) is 11.5 Å². The number of halogens is 4. The highest BCUT2D eigenvalue weighted by atomic mass is 19.4. The van der Waals surface area contributed by atoms with Gasteiger partial charge in [-0.25, -0.2) is 4.39 Å². The molecular formula is C27H24F4N2O2. The van der Waals surface area contributed by atoms with Crippen molar-refractivity contribution in [2.24, 2.45) is 5.10 Å². The number of benzene rings is 3. The summed E-state index contributed by atoms with van der Waals surface area (Å²) >= 11 is 0. The topological polar surface area (TPSA) is 52.9 Å². The summed E-state index contributed by atoms with van der Waals surface area (Å²) in [4.78, 5) is 11.1. The minimum Gasteiger partial charge on any atom is -0.481 e. The second-order valence-electron chi connectivity index (χ2n) is 8.82. The average Bonchev–Trinajstić information content (AvgIpc) is 3.20. The van der Waals surface area contributed by atoms with Gasteiger partial charge in [-0.1, -0.05) is 42.0 Å². The van der Waals surface area contributed by atoms with E-state index in [-0.39, 0.29) is 5.82 Å². The van der Waals surface area contributed by atoms with Gasteiger partial charge >= 0.3 is 12.1 Å². The molecule has 182 valence electrons. The SMILES string of the molecule is Cc1ccc(F)c(-c2ccc(Cc3ccc(N4N=C(C(F)(F)F)CC4CC(=O)O)cc3)cc2C)c1. The smallest absolute Gasteiger partial charge is 0.431 e. The Morgan fingerprint density at radius 1 is 1.00 bits per heavy atom. The van der Waals surface area contributed by atoms with Crippen molar-refractivity contribution in [2.45, 2.75) is 45.3 Å². The van der Waals surface area contributed by atoms with Gasteiger partial charge in [-0.3, -0.25) is 9.80 Å². The number of rotatable bonds is 6. The molecule has 1 heterocycles. The van der Waals surface area contributed by atoms with Crippen molar-refractivity contribution in [1.29, 1.82) is 0 Å². The van der Waals surface area contributed by atoms with Crippen molar-refractivity contribution >= 4 is 17.4 Å². The van der Waals surface area contributed by atoms with Gasteiger partial charge in [-0.2, -0.15) is 18.3 Å². The third-order valence-electron chi connectivity index (χ3n) is 6.05. The largest absolute Gasteiger partial charge is 0.481 e. The number of anilines is 1.